The second kappa shape index (κ2) is 6.45. The third-order valence-electron chi connectivity index (χ3n) is 4.00. The van der Waals surface area contributed by atoms with E-state index in [0.29, 0.717) is 5.39 Å². The minimum absolute atomic E-state index is 0.0817. The lowest BCUT2D eigenvalue weighted by molar-refractivity contribution is 0.723. The molecule has 4 rings (SSSR count). The Bertz CT molecular complexity index is 1110. The van der Waals surface area contributed by atoms with Crippen LogP contribution in [0.3, 0.4) is 0 Å². The maximum absolute atomic E-state index is 12.7. The first-order chi connectivity index (χ1) is 12.2. The standard InChI is InChI=1S/C20H15N3OS/c1-23-20(24)17-16(8-7-14-5-3-2-4-6-14)13-25-19(17)18(22-23)15-9-11-21-12-10-15/h2-13H,1H3/b8-7+. The molecular weight excluding hydrogens is 330 g/mol. The van der Waals surface area contributed by atoms with Gasteiger partial charge in [0.25, 0.3) is 5.56 Å². The Morgan fingerprint density at radius 1 is 1.04 bits per heavy atom. The van der Waals surface area contributed by atoms with E-state index < -0.39 is 0 Å². The monoisotopic (exact) mass is 345 g/mol. The molecular formula is C20H15N3OS. The summed E-state index contributed by atoms with van der Waals surface area (Å²) in [5, 5.41) is 7.19. The Morgan fingerprint density at radius 2 is 1.80 bits per heavy atom. The predicted octanol–water partition coefficient (Wildman–Crippen LogP) is 4.23. The molecule has 0 atom stereocenters. The van der Waals surface area contributed by atoms with Gasteiger partial charge in [-0.3, -0.25) is 9.78 Å². The van der Waals surface area contributed by atoms with E-state index in [1.54, 1.807) is 30.8 Å². The van der Waals surface area contributed by atoms with E-state index in [-0.39, 0.29) is 5.56 Å². The summed E-state index contributed by atoms with van der Waals surface area (Å²) < 4.78 is 2.31. The highest BCUT2D eigenvalue weighted by molar-refractivity contribution is 7.18. The zero-order chi connectivity index (χ0) is 17.2. The van der Waals surface area contributed by atoms with Crippen LogP contribution in [0.5, 0.6) is 0 Å². The van der Waals surface area contributed by atoms with Crippen LogP contribution >= 0.6 is 11.3 Å². The zero-order valence-electron chi connectivity index (χ0n) is 13.6. The molecule has 25 heavy (non-hydrogen) atoms. The molecule has 4 aromatic rings. The van der Waals surface area contributed by atoms with E-state index >= 15 is 0 Å². The molecule has 0 aliphatic rings. The fourth-order valence-electron chi connectivity index (χ4n) is 2.74. The molecule has 0 unspecified atom stereocenters. The minimum Gasteiger partial charge on any atom is -0.267 e. The normalized spacial score (nSPS) is 11.4. The Balaban J connectivity index is 1.90. The van der Waals surface area contributed by atoms with Crippen LogP contribution in [-0.2, 0) is 7.05 Å². The summed E-state index contributed by atoms with van der Waals surface area (Å²) in [7, 11) is 1.69. The average Bonchev–Trinajstić information content (AvgIpc) is 3.09. The maximum atomic E-state index is 12.7. The highest BCUT2D eigenvalue weighted by atomic mass is 32.1. The fraction of sp³-hybridized carbons (Fsp3) is 0.0500. The number of fused-ring (bicyclic) bond motifs is 1. The topological polar surface area (TPSA) is 47.8 Å². The number of nitrogens with zero attached hydrogens (tertiary/aromatic N) is 3. The molecule has 0 N–H and O–H groups in total. The van der Waals surface area contributed by atoms with Crippen LogP contribution in [-0.4, -0.2) is 14.8 Å². The number of aromatic nitrogens is 3. The lowest BCUT2D eigenvalue weighted by atomic mass is 10.1. The van der Waals surface area contributed by atoms with Crippen LogP contribution in [0.2, 0.25) is 0 Å². The highest BCUT2D eigenvalue weighted by Crippen LogP contribution is 2.32. The third kappa shape index (κ3) is 2.90. The maximum Gasteiger partial charge on any atom is 0.275 e. The van der Waals surface area contributed by atoms with Crippen LogP contribution in [0.4, 0.5) is 0 Å². The molecule has 0 bridgehead atoms. The van der Waals surface area contributed by atoms with Crippen molar-refractivity contribution in [3.63, 3.8) is 0 Å². The Hall–Kier alpha value is -3.05. The molecule has 0 spiro atoms. The van der Waals surface area contributed by atoms with Gasteiger partial charge in [0.15, 0.2) is 0 Å². The predicted molar refractivity (Wildman–Crippen MR) is 103 cm³/mol. The van der Waals surface area contributed by atoms with Crippen LogP contribution in [0.15, 0.2) is 65.0 Å². The summed E-state index contributed by atoms with van der Waals surface area (Å²) in [5.74, 6) is 0. The number of hydrogen-bond acceptors (Lipinski definition) is 4. The summed E-state index contributed by atoms with van der Waals surface area (Å²) in [6.45, 7) is 0. The number of rotatable bonds is 3. The molecule has 1 aromatic carbocycles. The minimum atomic E-state index is -0.0817. The lowest BCUT2D eigenvalue weighted by Gasteiger charge is -2.05. The van der Waals surface area contributed by atoms with Crippen molar-refractivity contribution in [1.29, 1.82) is 0 Å². The molecule has 3 aromatic heterocycles. The number of pyridine rings is 1. The number of hydrogen-bond donors (Lipinski definition) is 0. The van der Waals surface area contributed by atoms with Crippen molar-refractivity contribution in [2.75, 3.05) is 0 Å². The van der Waals surface area contributed by atoms with Crippen LogP contribution < -0.4 is 5.56 Å². The summed E-state index contributed by atoms with van der Waals surface area (Å²) in [4.78, 5) is 16.7. The van der Waals surface area contributed by atoms with E-state index in [4.69, 9.17) is 0 Å². The van der Waals surface area contributed by atoms with Gasteiger partial charge in [-0.15, -0.1) is 11.3 Å². The molecule has 0 amide bonds. The van der Waals surface area contributed by atoms with Gasteiger partial charge in [0.05, 0.1) is 10.1 Å². The van der Waals surface area contributed by atoms with Crippen molar-refractivity contribution < 1.29 is 0 Å². The summed E-state index contributed by atoms with van der Waals surface area (Å²) in [6.07, 6.45) is 7.48. The van der Waals surface area contributed by atoms with Gasteiger partial charge in [0, 0.05) is 25.0 Å². The van der Waals surface area contributed by atoms with E-state index in [0.717, 1.165) is 27.1 Å². The molecule has 122 valence electrons. The summed E-state index contributed by atoms with van der Waals surface area (Å²) in [5.41, 5.74) is 3.70. The summed E-state index contributed by atoms with van der Waals surface area (Å²) >= 11 is 1.55. The number of aryl methyl sites for hydroxylation is 1. The molecule has 0 saturated heterocycles. The first-order valence-corrected chi connectivity index (χ1v) is 8.74. The number of benzene rings is 1. The van der Waals surface area contributed by atoms with E-state index in [2.05, 4.69) is 10.1 Å². The van der Waals surface area contributed by atoms with Crippen LogP contribution in [0.25, 0.3) is 33.5 Å². The Morgan fingerprint density at radius 3 is 2.56 bits per heavy atom. The second-order valence-corrected chi connectivity index (χ2v) is 6.53. The molecule has 0 aliphatic heterocycles. The molecule has 0 fully saturated rings. The summed E-state index contributed by atoms with van der Waals surface area (Å²) in [6, 6.07) is 13.9. The molecule has 4 nitrogen and oxygen atoms in total. The van der Waals surface area contributed by atoms with Crippen molar-refractivity contribution in [3.05, 3.63) is 81.7 Å². The third-order valence-corrected chi connectivity index (χ3v) is 5.01. The van der Waals surface area contributed by atoms with Gasteiger partial charge < -0.3 is 0 Å². The quantitative estimate of drug-likeness (QED) is 0.558. The SMILES string of the molecule is Cn1nc(-c2ccncc2)c2scc(/C=C/c3ccccc3)c2c1=O. The largest absolute Gasteiger partial charge is 0.275 e. The molecule has 5 heteroatoms. The molecule has 0 radical (unpaired) electrons. The van der Waals surface area contributed by atoms with Gasteiger partial charge in [-0.1, -0.05) is 42.5 Å². The van der Waals surface area contributed by atoms with Crippen molar-refractivity contribution in [2.24, 2.45) is 7.05 Å². The van der Waals surface area contributed by atoms with Gasteiger partial charge in [0.2, 0.25) is 0 Å². The van der Waals surface area contributed by atoms with Crippen molar-refractivity contribution >= 4 is 33.6 Å². The zero-order valence-corrected chi connectivity index (χ0v) is 14.4. The van der Waals surface area contributed by atoms with Gasteiger partial charge in [0.1, 0.15) is 5.69 Å². The van der Waals surface area contributed by atoms with E-state index in [1.807, 2.05) is 60.0 Å². The highest BCUT2D eigenvalue weighted by Gasteiger charge is 2.15. The van der Waals surface area contributed by atoms with Gasteiger partial charge in [-0.25, -0.2) is 4.68 Å². The number of thiophene rings is 1. The van der Waals surface area contributed by atoms with E-state index in [1.165, 1.54) is 4.68 Å². The fourth-order valence-corrected chi connectivity index (χ4v) is 3.77. The first kappa shape index (κ1) is 15.5. The Kier molecular flexibility index (Phi) is 3.99. The average molecular weight is 345 g/mol. The van der Waals surface area contributed by atoms with Crippen LogP contribution in [0, 0.1) is 0 Å². The van der Waals surface area contributed by atoms with Gasteiger partial charge in [-0.2, -0.15) is 5.10 Å². The first-order valence-electron chi connectivity index (χ1n) is 7.86. The Labute approximate surface area is 148 Å². The van der Waals surface area contributed by atoms with Crippen LogP contribution in [0.1, 0.15) is 11.1 Å². The van der Waals surface area contributed by atoms with E-state index in [9.17, 15) is 4.79 Å². The molecule has 0 saturated carbocycles. The second-order valence-electron chi connectivity index (χ2n) is 5.65. The molecule has 0 aliphatic carbocycles. The smallest absolute Gasteiger partial charge is 0.267 e. The van der Waals surface area contributed by atoms with Crippen molar-refractivity contribution in [3.8, 4) is 11.3 Å². The van der Waals surface area contributed by atoms with Gasteiger partial charge in [-0.05, 0) is 28.6 Å². The van der Waals surface area contributed by atoms with Crippen molar-refractivity contribution in [1.82, 2.24) is 14.8 Å². The van der Waals surface area contributed by atoms with Crippen molar-refractivity contribution in [2.45, 2.75) is 0 Å². The molecule has 3 heterocycles. The lowest BCUT2D eigenvalue weighted by Crippen LogP contribution is -2.20. The van der Waals surface area contributed by atoms with Gasteiger partial charge >= 0.3 is 0 Å².